The summed E-state index contributed by atoms with van der Waals surface area (Å²) < 4.78 is 5.89. The number of ether oxygens (including phenoxy) is 1. The minimum Gasteiger partial charge on any atom is -0.486 e. The number of aromatic nitrogens is 1. The zero-order valence-corrected chi connectivity index (χ0v) is 13.6. The lowest BCUT2D eigenvalue weighted by atomic mass is 10.1. The number of benzene rings is 1. The van der Waals surface area contributed by atoms with Crippen LogP contribution in [0.2, 0.25) is 0 Å². The van der Waals surface area contributed by atoms with E-state index in [1.54, 1.807) is 11.3 Å². The van der Waals surface area contributed by atoms with Gasteiger partial charge in [-0.1, -0.05) is 25.5 Å². The molecule has 0 aliphatic carbocycles. The molecular weight excluding hydrogens is 280 g/mol. The van der Waals surface area contributed by atoms with E-state index in [9.17, 15) is 0 Å². The maximum absolute atomic E-state index is 8.89. The maximum Gasteiger partial charge on any atom is 0.140 e. The lowest BCUT2D eigenvalue weighted by Gasteiger charge is -2.09. The van der Waals surface area contributed by atoms with Gasteiger partial charge in [0.05, 0.1) is 18.2 Å². The Kier molecular flexibility index (Phi) is 5.35. The number of nitrogens with zero attached hydrogens (tertiary/aromatic N) is 2. The van der Waals surface area contributed by atoms with E-state index < -0.39 is 0 Å². The Balaban J connectivity index is 2.11. The van der Waals surface area contributed by atoms with Crippen molar-refractivity contribution in [2.45, 2.75) is 46.6 Å². The van der Waals surface area contributed by atoms with E-state index in [1.807, 2.05) is 12.1 Å². The summed E-state index contributed by atoms with van der Waals surface area (Å²) in [7, 11) is 0. The number of thiazole rings is 1. The van der Waals surface area contributed by atoms with Gasteiger partial charge in [0.25, 0.3) is 0 Å². The van der Waals surface area contributed by atoms with Crippen molar-refractivity contribution < 1.29 is 4.74 Å². The van der Waals surface area contributed by atoms with Gasteiger partial charge in [0, 0.05) is 4.88 Å². The monoisotopic (exact) mass is 300 g/mol. The molecule has 21 heavy (non-hydrogen) atoms. The lowest BCUT2D eigenvalue weighted by Crippen LogP contribution is -1.98. The molecule has 0 spiro atoms. The van der Waals surface area contributed by atoms with E-state index >= 15 is 0 Å². The van der Waals surface area contributed by atoms with Crippen molar-refractivity contribution in [1.29, 1.82) is 5.26 Å². The van der Waals surface area contributed by atoms with Crippen LogP contribution < -0.4 is 4.74 Å². The number of hydrogen-bond donors (Lipinski definition) is 0. The van der Waals surface area contributed by atoms with Gasteiger partial charge in [-0.25, -0.2) is 4.98 Å². The van der Waals surface area contributed by atoms with Gasteiger partial charge >= 0.3 is 0 Å². The first kappa shape index (κ1) is 15.5. The molecule has 110 valence electrons. The van der Waals surface area contributed by atoms with Crippen LogP contribution in [0.15, 0.2) is 18.2 Å². The highest BCUT2D eigenvalue weighted by Crippen LogP contribution is 2.25. The molecule has 1 aromatic heterocycles. The Hall–Kier alpha value is -1.86. The molecule has 0 aliphatic rings. The molecule has 0 atom stereocenters. The first-order valence-corrected chi connectivity index (χ1v) is 8.00. The summed E-state index contributed by atoms with van der Waals surface area (Å²) in [5.41, 5.74) is 3.45. The molecule has 2 rings (SSSR count). The summed E-state index contributed by atoms with van der Waals surface area (Å²) in [6.07, 6.45) is 2.41. The molecule has 0 bridgehead atoms. The third-order valence-corrected chi connectivity index (χ3v) is 4.53. The Morgan fingerprint density at radius 2 is 2.14 bits per heavy atom. The Bertz CT molecular complexity index is 655. The molecule has 0 aliphatic heterocycles. The molecule has 1 aromatic carbocycles. The Morgan fingerprint density at radius 1 is 1.33 bits per heavy atom. The van der Waals surface area contributed by atoms with Crippen LogP contribution in [0.5, 0.6) is 5.75 Å². The molecule has 3 nitrogen and oxygen atoms in total. The SMILES string of the molecule is CCCc1nc(COc2cccc(C)c2C)sc1CC#N. The van der Waals surface area contributed by atoms with Crippen molar-refractivity contribution in [3.8, 4) is 11.8 Å². The smallest absolute Gasteiger partial charge is 0.140 e. The van der Waals surface area contributed by atoms with Gasteiger partial charge in [-0.3, -0.25) is 0 Å². The fourth-order valence-corrected chi connectivity index (χ4v) is 3.12. The molecule has 0 radical (unpaired) electrons. The summed E-state index contributed by atoms with van der Waals surface area (Å²) in [5, 5.41) is 9.84. The van der Waals surface area contributed by atoms with E-state index in [2.05, 4.69) is 37.9 Å². The topological polar surface area (TPSA) is 45.9 Å². The van der Waals surface area contributed by atoms with Crippen molar-refractivity contribution >= 4 is 11.3 Å². The van der Waals surface area contributed by atoms with E-state index in [0.717, 1.165) is 34.2 Å². The van der Waals surface area contributed by atoms with Crippen molar-refractivity contribution in [1.82, 2.24) is 4.98 Å². The molecule has 0 unspecified atom stereocenters. The molecule has 0 saturated carbocycles. The average molecular weight is 300 g/mol. The zero-order valence-electron chi connectivity index (χ0n) is 12.8. The van der Waals surface area contributed by atoms with Crippen LogP contribution in [0.25, 0.3) is 0 Å². The second-order valence-corrected chi connectivity index (χ2v) is 6.22. The van der Waals surface area contributed by atoms with Crippen molar-refractivity contribution in [2.75, 3.05) is 0 Å². The number of rotatable bonds is 6. The Morgan fingerprint density at radius 3 is 2.86 bits per heavy atom. The second-order valence-electron chi connectivity index (χ2n) is 5.05. The van der Waals surface area contributed by atoms with Crippen molar-refractivity contribution in [3.63, 3.8) is 0 Å². The predicted molar refractivity (Wildman–Crippen MR) is 85.7 cm³/mol. The van der Waals surface area contributed by atoms with Crippen molar-refractivity contribution in [2.24, 2.45) is 0 Å². The first-order valence-electron chi connectivity index (χ1n) is 7.19. The highest BCUT2D eigenvalue weighted by molar-refractivity contribution is 7.11. The molecule has 0 amide bonds. The largest absolute Gasteiger partial charge is 0.486 e. The molecule has 0 N–H and O–H groups in total. The van der Waals surface area contributed by atoms with Gasteiger partial charge in [0.15, 0.2) is 0 Å². The highest BCUT2D eigenvalue weighted by Gasteiger charge is 2.11. The number of nitriles is 1. The fourth-order valence-electron chi connectivity index (χ4n) is 2.16. The minimum absolute atomic E-state index is 0.441. The summed E-state index contributed by atoms with van der Waals surface area (Å²) in [4.78, 5) is 5.71. The van der Waals surface area contributed by atoms with Crippen LogP contribution in [0.4, 0.5) is 0 Å². The van der Waals surface area contributed by atoms with Gasteiger partial charge in [0.1, 0.15) is 17.4 Å². The van der Waals surface area contributed by atoms with Gasteiger partial charge in [-0.2, -0.15) is 5.26 Å². The van der Waals surface area contributed by atoms with Crippen LogP contribution >= 0.6 is 11.3 Å². The molecule has 2 aromatic rings. The van der Waals surface area contributed by atoms with Crippen LogP contribution in [0, 0.1) is 25.2 Å². The summed E-state index contributed by atoms with van der Waals surface area (Å²) in [5.74, 6) is 0.907. The van der Waals surface area contributed by atoms with E-state index in [-0.39, 0.29) is 0 Å². The number of hydrogen-bond acceptors (Lipinski definition) is 4. The molecule has 1 heterocycles. The normalized spacial score (nSPS) is 10.4. The van der Waals surface area contributed by atoms with Crippen molar-refractivity contribution in [3.05, 3.63) is 44.9 Å². The van der Waals surface area contributed by atoms with Crippen LogP contribution in [0.1, 0.15) is 40.1 Å². The summed E-state index contributed by atoms with van der Waals surface area (Å²) in [6.45, 7) is 6.74. The van der Waals surface area contributed by atoms with E-state index in [4.69, 9.17) is 10.00 Å². The molecular formula is C17H20N2OS. The first-order chi connectivity index (χ1) is 10.2. The van der Waals surface area contributed by atoms with E-state index in [0.29, 0.717) is 13.0 Å². The van der Waals surface area contributed by atoms with Gasteiger partial charge in [-0.15, -0.1) is 11.3 Å². The van der Waals surface area contributed by atoms with E-state index in [1.165, 1.54) is 11.1 Å². The highest BCUT2D eigenvalue weighted by atomic mass is 32.1. The third-order valence-electron chi connectivity index (χ3n) is 3.46. The molecule has 4 heteroatoms. The lowest BCUT2D eigenvalue weighted by molar-refractivity contribution is 0.303. The molecule has 0 fully saturated rings. The Labute approximate surface area is 130 Å². The molecule has 0 saturated heterocycles. The quantitative estimate of drug-likeness (QED) is 0.796. The minimum atomic E-state index is 0.441. The average Bonchev–Trinajstić information content (AvgIpc) is 2.84. The van der Waals surface area contributed by atoms with Gasteiger partial charge < -0.3 is 4.74 Å². The number of aryl methyl sites for hydroxylation is 2. The van der Waals surface area contributed by atoms with Gasteiger partial charge in [0.2, 0.25) is 0 Å². The van der Waals surface area contributed by atoms with Crippen LogP contribution in [-0.4, -0.2) is 4.98 Å². The second kappa shape index (κ2) is 7.24. The zero-order chi connectivity index (χ0) is 15.2. The van der Waals surface area contributed by atoms with Crippen LogP contribution in [-0.2, 0) is 19.4 Å². The predicted octanol–water partition coefficient (Wildman–Crippen LogP) is 4.36. The summed E-state index contributed by atoms with van der Waals surface area (Å²) >= 11 is 1.59. The summed E-state index contributed by atoms with van der Waals surface area (Å²) in [6, 6.07) is 8.28. The maximum atomic E-state index is 8.89. The third kappa shape index (κ3) is 3.83. The van der Waals surface area contributed by atoms with Crippen LogP contribution in [0.3, 0.4) is 0 Å². The van der Waals surface area contributed by atoms with Gasteiger partial charge in [-0.05, 0) is 37.5 Å². The standard InChI is InChI=1S/C17H20N2OS/c1-4-6-14-16(9-10-18)21-17(19-14)11-20-15-8-5-7-12(2)13(15)3/h5,7-8H,4,6,9,11H2,1-3H3. The fraction of sp³-hybridized carbons (Fsp3) is 0.412.